The van der Waals surface area contributed by atoms with Crippen LogP contribution in [0.25, 0.3) is 10.9 Å². The van der Waals surface area contributed by atoms with E-state index in [4.69, 9.17) is 5.73 Å². The minimum Gasteiger partial charge on any atom is -0.399 e. The molecule has 0 atom stereocenters. The van der Waals surface area contributed by atoms with E-state index < -0.39 is 0 Å². The Morgan fingerprint density at radius 2 is 2.16 bits per heavy atom. The molecule has 4 nitrogen and oxygen atoms in total. The first-order valence-corrected chi connectivity index (χ1v) is 6.66. The fraction of sp³-hybridized carbons (Fsp3) is 0.400. The van der Waals surface area contributed by atoms with E-state index in [1.807, 2.05) is 18.2 Å². The Balaban J connectivity index is 1.89. The third kappa shape index (κ3) is 2.18. The van der Waals surface area contributed by atoms with E-state index >= 15 is 0 Å². The van der Waals surface area contributed by atoms with Crippen molar-refractivity contribution in [1.82, 2.24) is 10.3 Å². The average molecular weight is 257 g/mol. The predicted molar refractivity (Wildman–Crippen MR) is 77.0 cm³/mol. The fourth-order valence-electron chi connectivity index (χ4n) is 2.60. The number of nitrogens with one attached hydrogen (secondary N) is 2. The van der Waals surface area contributed by atoms with E-state index in [1.54, 1.807) is 6.20 Å². The van der Waals surface area contributed by atoms with E-state index in [2.05, 4.69) is 24.1 Å². The lowest BCUT2D eigenvalue weighted by Crippen LogP contribution is -2.45. The largest absolute Gasteiger partial charge is 0.399 e. The number of carbonyl (C=O) groups is 1. The molecule has 1 heterocycles. The van der Waals surface area contributed by atoms with E-state index in [-0.39, 0.29) is 11.4 Å². The Labute approximate surface area is 112 Å². The Kier molecular flexibility index (Phi) is 2.55. The van der Waals surface area contributed by atoms with Gasteiger partial charge in [0.15, 0.2) is 0 Å². The lowest BCUT2D eigenvalue weighted by Gasteiger charge is -2.26. The van der Waals surface area contributed by atoms with E-state index in [1.165, 1.54) is 12.8 Å². The van der Waals surface area contributed by atoms with Crippen molar-refractivity contribution in [3.8, 4) is 0 Å². The zero-order valence-electron chi connectivity index (χ0n) is 11.3. The Morgan fingerprint density at radius 1 is 1.42 bits per heavy atom. The first-order chi connectivity index (χ1) is 8.97. The number of aromatic amines is 1. The molecule has 0 unspecified atom stereocenters. The molecule has 1 aliphatic carbocycles. The molecule has 0 spiro atoms. The molecule has 1 fully saturated rings. The molecule has 0 bridgehead atoms. The van der Waals surface area contributed by atoms with Crippen LogP contribution in [0.1, 0.15) is 37.0 Å². The molecule has 4 N–H and O–H groups in total. The monoisotopic (exact) mass is 257 g/mol. The molecule has 1 aromatic heterocycles. The van der Waals surface area contributed by atoms with Crippen molar-refractivity contribution in [2.24, 2.45) is 5.92 Å². The molecule has 1 aliphatic rings. The highest BCUT2D eigenvalue weighted by Gasteiger charge is 2.39. The molecule has 0 saturated heterocycles. The zero-order valence-corrected chi connectivity index (χ0v) is 11.3. The van der Waals surface area contributed by atoms with Gasteiger partial charge in [0, 0.05) is 28.3 Å². The van der Waals surface area contributed by atoms with Crippen molar-refractivity contribution < 1.29 is 4.79 Å². The summed E-state index contributed by atoms with van der Waals surface area (Å²) in [7, 11) is 0. The summed E-state index contributed by atoms with van der Waals surface area (Å²) < 4.78 is 0. The summed E-state index contributed by atoms with van der Waals surface area (Å²) in [6, 6.07) is 5.55. The molecule has 1 saturated carbocycles. The number of aromatic nitrogens is 1. The average Bonchev–Trinajstić information content (AvgIpc) is 3.10. The van der Waals surface area contributed by atoms with Gasteiger partial charge in [-0.05, 0) is 50.8 Å². The van der Waals surface area contributed by atoms with Gasteiger partial charge in [-0.15, -0.1) is 0 Å². The Morgan fingerprint density at radius 3 is 2.84 bits per heavy atom. The van der Waals surface area contributed by atoms with E-state index in [0.717, 1.165) is 10.9 Å². The number of anilines is 1. The first-order valence-electron chi connectivity index (χ1n) is 6.66. The van der Waals surface area contributed by atoms with Crippen molar-refractivity contribution in [3.63, 3.8) is 0 Å². The lowest BCUT2D eigenvalue weighted by atomic mass is 9.98. The molecule has 0 aliphatic heterocycles. The number of hydrogen-bond acceptors (Lipinski definition) is 2. The number of nitrogen functional groups attached to an aromatic ring is 1. The highest BCUT2D eigenvalue weighted by molar-refractivity contribution is 6.07. The van der Waals surface area contributed by atoms with Crippen molar-refractivity contribution in [2.75, 3.05) is 5.73 Å². The second-order valence-corrected chi connectivity index (χ2v) is 5.96. The van der Waals surface area contributed by atoms with Crippen LogP contribution >= 0.6 is 0 Å². The number of H-pyrrole nitrogens is 1. The summed E-state index contributed by atoms with van der Waals surface area (Å²) in [5.41, 5.74) is 7.88. The summed E-state index contributed by atoms with van der Waals surface area (Å²) in [6.07, 6.45) is 4.16. The Hall–Kier alpha value is -1.97. The SMILES string of the molecule is CC(C)(NC(=O)c1c[nH]c2cc(N)ccc12)C1CC1. The van der Waals surface area contributed by atoms with Crippen molar-refractivity contribution >= 4 is 22.5 Å². The van der Waals surface area contributed by atoms with Gasteiger partial charge < -0.3 is 16.0 Å². The summed E-state index contributed by atoms with van der Waals surface area (Å²) >= 11 is 0. The smallest absolute Gasteiger partial charge is 0.253 e. The minimum atomic E-state index is -0.130. The lowest BCUT2D eigenvalue weighted by molar-refractivity contribution is 0.0905. The number of nitrogens with two attached hydrogens (primary N) is 1. The van der Waals surface area contributed by atoms with Crippen LogP contribution in [0.15, 0.2) is 24.4 Å². The Bertz CT molecular complexity index is 638. The van der Waals surface area contributed by atoms with Crippen molar-refractivity contribution in [1.29, 1.82) is 0 Å². The van der Waals surface area contributed by atoms with Crippen molar-refractivity contribution in [2.45, 2.75) is 32.2 Å². The first kappa shape index (κ1) is 12.1. The third-order valence-corrected chi connectivity index (χ3v) is 3.98. The molecular weight excluding hydrogens is 238 g/mol. The summed E-state index contributed by atoms with van der Waals surface area (Å²) in [4.78, 5) is 15.5. The topological polar surface area (TPSA) is 70.9 Å². The van der Waals surface area contributed by atoms with Gasteiger partial charge >= 0.3 is 0 Å². The molecule has 0 radical (unpaired) electrons. The number of amides is 1. The predicted octanol–water partition coefficient (Wildman–Crippen LogP) is 2.67. The molecule has 100 valence electrons. The minimum absolute atomic E-state index is 0.0204. The normalized spacial score (nSPS) is 15.7. The van der Waals surface area contributed by atoms with Crippen LogP contribution in [-0.4, -0.2) is 16.4 Å². The van der Waals surface area contributed by atoms with Gasteiger partial charge in [-0.25, -0.2) is 0 Å². The van der Waals surface area contributed by atoms with Crippen molar-refractivity contribution in [3.05, 3.63) is 30.0 Å². The van der Waals surface area contributed by atoms with E-state index in [9.17, 15) is 4.79 Å². The van der Waals surface area contributed by atoms with Crippen LogP contribution in [0.2, 0.25) is 0 Å². The number of carbonyl (C=O) groups excluding carboxylic acids is 1. The maximum absolute atomic E-state index is 12.4. The van der Waals surface area contributed by atoms with Gasteiger partial charge in [-0.2, -0.15) is 0 Å². The highest BCUT2D eigenvalue weighted by atomic mass is 16.1. The van der Waals surface area contributed by atoms with Gasteiger partial charge in [-0.1, -0.05) is 0 Å². The molecule has 1 aromatic carbocycles. The number of fused-ring (bicyclic) bond motifs is 1. The second kappa shape index (κ2) is 4.02. The summed E-state index contributed by atoms with van der Waals surface area (Å²) in [5.74, 6) is 0.588. The van der Waals surface area contributed by atoms with Gasteiger partial charge in [0.25, 0.3) is 5.91 Å². The third-order valence-electron chi connectivity index (χ3n) is 3.98. The van der Waals surface area contributed by atoms with Crippen LogP contribution in [-0.2, 0) is 0 Å². The fourth-order valence-corrected chi connectivity index (χ4v) is 2.60. The maximum Gasteiger partial charge on any atom is 0.253 e. The van der Waals surface area contributed by atoms with Gasteiger partial charge in [0.1, 0.15) is 0 Å². The highest BCUT2D eigenvalue weighted by Crippen LogP contribution is 2.39. The molecule has 4 heteroatoms. The van der Waals surface area contributed by atoms with E-state index in [0.29, 0.717) is 17.2 Å². The number of hydrogen-bond donors (Lipinski definition) is 3. The van der Waals surface area contributed by atoms with Gasteiger partial charge in [0.05, 0.1) is 5.56 Å². The molecule has 19 heavy (non-hydrogen) atoms. The van der Waals surface area contributed by atoms with Crippen LogP contribution in [0.5, 0.6) is 0 Å². The summed E-state index contributed by atoms with van der Waals surface area (Å²) in [5, 5.41) is 4.05. The zero-order chi connectivity index (χ0) is 13.6. The van der Waals surface area contributed by atoms with Crippen LogP contribution < -0.4 is 11.1 Å². The second-order valence-electron chi connectivity index (χ2n) is 5.96. The van der Waals surface area contributed by atoms with Crippen LogP contribution in [0.4, 0.5) is 5.69 Å². The molecular formula is C15H19N3O. The van der Waals surface area contributed by atoms with Gasteiger partial charge in [-0.3, -0.25) is 4.79 Å². The number of rotatable bonds is 3. The van der Waals surface area contributed by atoms with Crippen LogP contribution in [0.3, 0.4) is 0 Å². The van der Waals surface area contributed by atoms with Gasteiger partial charge in [0.2, 0.25) is 0 Å². The quantitative estimate of drug-likeness (QED) is 0.740. The standard InChI is InChI=1S/C15H19N3O/c1-15(2,9-3-4-9)18-14(19)12-8-17-13-7-10(16)5-6-11(12)13/h5-9,17H,3-4,16H2,1-2H3,(H,18,19). The maximum atomic E-state index is 12.4. The molecule has 2 aromatic rings. The summed E-state index contributed by atoms with van der Waals surface area (Å²) in [6.45, 7) is 4.19. The molecule has 3 rings (SSSR count). The molecule has 1 amide bonds. The number of benzene rings is 1. The van der Waals surface area contributed by atoms with Crippen LogP contribution in [0, 0.1) is 5.92 Å².